The van der Waals surface area contributed by atoms with E-state index in [1.54, 1.807) is 127 Å². The van der Waals surface area contributed by atoms with Crippen molar-refractivity contribution in [3.8, 4) is 40.2 Å². The number of nitrogens with zero attached hydrogens (tertiary/aromatic N) is 34. The molecule has 3 saturated heterocycles. The highest BCUT2D eigenvalue weighted by Gasteiger charge is 2.48. The van der Waals surface area contributed by atoms with Crippen LogP contribution in [0, 0.1) is 0 Å². The molecular weight excluding hydrogens is 1900 g/mol. The molecule has 22 heterocycles. The number of aliphatic carboxylic acids is 1. The van der Waals surface area contributed by atoms with Crippen LogP contribution in [-0.4, -0.2) is 261 Å². The summed E-state index contributed by atoms with van der Waals surface area (Å²) in [6, 6.07) is 51.2. The number of imidazole rings is 5. The topological polar surface area (TPSA) is 561 Å². The molecule has 5 aliphatic heterocycles. The lowest BCUT2D eigenvalue weighted by atomic mass is 9.89. The number of hydrogen-bond acceptors (Lipinski definition) is 37. The lowest BCUT2D eigenvalue weighted by molar-refractivity contribution is -0.137. The van der Waals surface area contributed by atoms with E-state index in [0.29, 0.717) is 174 Å². The van der Waals surface area contributed by atoms with Crippen LogP contribution >= 0.6 is 11.3 Å². The van der Waals surface area contributed by atoms with Gasteiger partial charge in [-0.3, -0.25) is 38.5 Å². The molecule has 5 aliphatic rings. The quantitative estimate of drug-likeness (QED) is 0.0360. The first-order valence-electron chi connectivity index (χ1n) is 47.2. The summed E-state index contributed by atoms with van der Waals surface area (Å²) in [4.78, 5) is 106. The van der Waals surface area contributed by atoms with Crippen LogP contribution in [-0.2, 0) is 34.7 Å². The Morgan fingerprint density at radius 3 is 1.40 bits per heavy atom. The number of H-pyrrole nitrogens is 1. The number of anilines is 7. The molecule has 0 aliphatic carbocycles. The number of hydrogen-bond donors (Lipinski definition) is 10. The lowest BCUT2D eigenvalue weighted by Crippen LogP contribution is -2.60. The number of nitrogen functional groups attached to an aromatic ring is 2. The molecule has 148 heavy (non-hydrogen) atoms. The van der Waals surface area contributed by atoms with Gasteiger partial charge in [0.05, 0.1) is 105 Å². The standard InChI is InChI=1S/C25H23N7O2.C24H21N7O3.C21H19N7O.C16H14N8OS.C16H14N8O/c33-14-13-31-16-26-22-23(31)28-25(29-24(22)32-21-4-2-1-3-19(21)15-27-32)30-11-9-18(10-12-30)17-5-7-20(34)8-6-17;32-19(33)13-30-15-25-20-21(30)27-23(28-22(20)31-18-9-5-4-6-16(18)12-26-31)29-11-10-24(34,14-29)17-7-2-1-3-8-17;22-19-18-20(28(13-24-18)16-5-9-23-10-6-16)26-21(25-19)27-11-7-15(8-12-27)14-1-3-17(29)4-2-14;17-12-11-13(24(9-20-11)10-1-3-18-4-2-10)22-15(21-12)23-7-16(25,8-23)14-19-5-6-26-14;25-16(11-5-20-21-6-11)8-23(9-16)15-18-7-13-14(22-15)24(10-19-13)12-1-3-17-4-2-12/h1-9,15-16,33-34H,10-14H2;1-9,12,15,34H,10-11,13-14H2,(H,32,33);1-7,9-10,13,29H,8,11-12H2,(H2,22,25,26);1-6,9,25H,7-8H2,(H2,17,21,22);1-7,10,25H,8-9H2,(H,20,21). The second-order valence-corrected chi connectivity index (χ2v) is 36.7. The fourth-order valence-electron chi connectivity index (χ4n) is 18.6. The minimum absolute atomic E-state index is 0.00667. The number of aliphatic hydroxyl groups excluding tert-OH is 1. The van der Waals surface area contributed by atoms with Gasteiger partial charge in [0.1, 0.15) is 58.8 Å². The molecule has 3 fully saturated rings. The summed E-state index contributed by atoms with van der Waals surface area (Å²) >= 11 is 1.44. The van der Waals surface area contributed by atoms with E-state index < -0.39 is 22.8 Å². The Kier molecular flexibility index (Phi) is 24.5. The number of aromatic amines is 1. The number of β-amino-alcohol motifs (C(OH)–C–C–N with tert-alkyl or cyclic N) is 3. The van der Waals surface area contributed by atoms with Crippen LogP contribution in [0.1, 0.15) is 46.5 Å². The summed E-state index contributed by atoms with van der Waals surface area (Å²) in [5, 5.41) is 90.8. The number of nitrogens with one attached hydrogen (secondary N) is 1. The van der Waals surface area contributed by atoms with Crippen molar-refractivity contribution >= 4 is 147 Å². The molecule has 738 valence electrons. The van der Waals surface area contributed by atoms with Crippen LogP contribution in [0.15, 0.2) is 287 Å². The molecule has 0 bridgehead atoms. The summed E-state index contributed by atoms with van der Waals surface area (Å²) in [5.41, 5.74) is 26.2. The van der Waals surface area contributed by atoms with Gasteiger partial charge in [-0.05, 0) is 120 Å². The first-order chi connectivity index (χ1) is 72.3. The molecule has 5 aromatic carbocycles. The Bertz CT molecular complexity index is 8660. The van der Waals surface area contributed by atoms with Gasteiger partial charge in [-0.2, -0.15) is 60.2 Å². The smallest absolute Gasteiger partial charge is 0.323 e. The Morgan fingerprint density at radius 1 is 0.419 bits per heavy atom. The Morgan fingerprint density at radius 2 is 0.885 bits per heavy atom. The first-order valence-corrected chi connectivity index (χ1v) is 48.1. The maximum absolute atomic E-state index is 11.4. The highest BCUT2D eigenvalue weighted by atomic mass is 32.1. The van der Waals surface area contributed by atoms with E-state index in [0.717, 1.165) is 92.7 Å². The maximum Gasteiger partial charge on any atom is 0.323 e. The highest BCUT2D eigenvalue weighted by Crippen LogP contribution is 2.41. The van der Waals surface area contributed by atoms with Crippen molar-refractivity contribution in [3.05, 3.63) is 315 Å². The van der Waals surface area contributed by atoms with Crippen LogP contribution in [0.2, 0.25) is 0 Å². The van der Waals surface area contributed by atoms with Gasteiger partial charge in [0.25, 0.3) is 0 Å². The second kappa shape index (κ2) is 39.1. The van der Waals surface area contributed by atoms with Crippen molar-refractivity contribution in [2.75, 3.05) is 108 Å². The molecule has 1 unspecified atom stereocenters. The summed E-state index contributed by atoms with van der Waals surface area (Å²) in [5.74, 6) is 3.90. The number of thiazole rings is 1. The molecular formula is C102H91N37O8S. The number of para-hydroxylation sites is 2. The molecule has 12 N–H and O–H groups in total. The van der Waals surface area contributed by atoms with Gasteiger partial charge in [-0.25, -0.2) is 44.3 Å². The van der Waals surface area contributed by atoms with E-state index in [9.17, 15) is 40.5 Å². The number of pyridine rings is 3. The number of aromatic hydroxyl groups is 2. The second-order valence-electron chi connectivity index (χ2n) is 35.8. The third-order valence-electron chi connectivity index (χ3n) is 26.3. The highest BCUT2D eigenvalue weighted by molar-refractivity contribution is 7.09. The van der Waals surface area contributed by atoms with E-state index in [-0.39, 0.29) is 24.7 Å². The Hall–Kier alpha value is -18.9. The van der Waals surface area contributed by atoms with Crippen molar-refractivity contribution in [3.63, 3.8) is 0 Å². The van der Waals surface area contributed by atoms with Crippen molar-refractivity contribution in [1.29, 1.82) is 0 Å². The maximum atomic E-state index is 11.4. The van der Waals surface area contributed by atoms with Gasteiger partial charge in [-0.15, -0.1) is 11.3 Å². The summed E-state index contributed by atoms with van der Waals surface area (Å²) < 4.78 is 12.5. The summed E-state index contributed by atoms with van der Waals surface area (Å²) in [7, 11) is 0. The molecule has 0 saturated carbocycles. The van der Waals surface area contributed by atoms with E-state index in [1.807, 2.05) is 184 Å². The van der Waals surface area contributed by atoms with Gasteiger partial charge in [-0.1, -0.05) is 103 Å². The Labute approximate surface area is 842 Å². The first kappa shape index (κ1) is 92.8. The third-order valence-corrected chi connectivity index (χ3v) is 27.3. The number of fused-ring (bicyclic) bond motifs is 7. The number of rotatable bonds is 19. The van der Waals surface area contributed by atoms with Crippen molar-refractivity contribution in [2.45, 2.75) is 49.2 Å². The minimum Gasteiger partial charge on any atom is -0.508 e. The fourth-order valence-corrected chi connectivity index (χ4v) is 19.3. The van der Waals surface area contributed by atoms with Gasteiger partial charge in [0.15, 0.2) is 79.2 Å². The number of benzene rings is 5. The number of phenolic OH excluding ortho intramolecular Hbond substituents is 2. The van der Waals surface area contributed by atoms with Crippen LogP contribution in [0.3, 0.4) is 0 Å². The normalized spacial score (nSPS) is 15.7. The molecule has 1 atom stereocenters. The van der Waals surface area contributed by atoms with Crippen molar-refractivity contribution in [2.24, 2.45) is 0 Å². The van der Waals surface area contributed by atoms with Crippen molar-refractivity contribution < 1.29 is 40.5 Å². The molecule has 17 aromatic heterocycles. The number of carbonyl (C=O) groups is 1. The van der Waals surface area contributed by atoms with Crippen LogP contribution in [0.4, 0.5) is 41.4 Å². The number of carboxylic acids is 1. The third kappa shape index (κ3) is 18.2. The molecule has 0 radical (unpaired) electrons. The van der Waals surface area contributed by atoms with E-state index in [1.165, 1.54) is 33.4 Å². The summed E-state index contributed by atoms with van der Waals surface area (Å²) in [6.07, 6.45) is 35.4. The SMILES string of the molecule is Nc1nc(N2CC(O)(c3nccs3)C2)nc2c1ncn2-c1ccncc1.Nc1nc(N2CC=C(c3ccc(O)cc3)CC2)nc2c1ncn2-c1ccncc1.O=C(O)Cn1cnc2c(-n3ncc4ccccc43)nc(N3CCC(O)(c4ccccc4)C3)nc21.OC1(c2cn[nH]c2)CN(c2ncc3ncn(-c4ccncc4)c3n2)C1.OCCn1cnc2c(-n3ncc4ccccc43)nc(N3CC=C(c4ccc(O)cc4)CC3)nc21. The molecule has 46 heteroatoms. The van der Waals surface area contributed by atoms with E-state index in [2.05, 4.69) is 117 Å². The molecule has 45 nitrogen and oxygen atoms in total. The molecule has 0 amide bonds. The average Bonchev–Trinajstić information content (AvgIpc) is 1.41. The molecule has 0 spiro atoms. The zero-order valence-electron chi connectivity index (χ0n) is 78.8. The number of aromatic nitrogens is 30. The molecule has 22 aromatic rings. The van der Waals surface area contributed by atoms with Gasteiger partial charge in [0.2, 0.25) is 29.7 Å². The zero-order chi connectivity index (χ0) is 101. The fraction of sp³-hybridized carbons (Fsp3) is 0.186. The number of nitrogens with two attached hydrogens (primary N) is 2. The number of carboxylic acid groups (broad SMARTS) is 1. The van der Waals surface area contributed by atoms with Crippen LogP contribution in [0.5, 0.6) is 11.5 Å². The average molecular weight is 2000 g/mol. The van der Waals surface area contributed by atoms with Crippen molar-refractivity contribution in [1.82, 2.24) is 147 Å². The predicted octanol–water partition coefficient (Wildman–Crippen LogP) is 9.89. The van der Waals surface area contributed by atoms with E-state index >= 15 is 0 Å². The summed E-state index contributed by atoms with van der Waals surface area (Å²) in [6.45, 7) is 5.43. The zero-order valence-corrected chi connectivity index (χ0v) is 79.6. The number of phenols is 2. The lowest BCUT2D eigenvalue weighted by Gasteiger charge is -2.45. The van der Waals surface area contributed by atoms with Gasteiger partial charge < -0.3 is 80.8 Å². The molecule has 27 rings (SSSR count). The van der Waals surface area contributed by atoms with Gasteiger partial charge >= 0.3 is 5.97 Å². The number of aliphatic hydroxyl groups is 4. The minimum atomic E-state index is -1.03. The van der Waals surface area contributed by atoms with Crippen LogP contribution < -0.4 is 36.0 Å². The predicted molar refractivity (Wildman–Crippen MR) is 553 cm³/mol. The van der Waals surface area contributed by atoms with E-state index in [4.69, 9.17) is 31.4 Å². The Balaban J connectivity index is 0.000000102. The van der Waals surface area contributed by atoms with Gasteiger partial charge in [0, 0.05) is 111 Å². The monoisotopic (exact) mass is 1990 g/mol. The van der Waals surface area contributed by atoms with Crippen LogP contribution in [0.25, 0.3) is 117 Å². The largest absolute Gasteiger partial charge is 0.508 e.